The molecule has 0 spiro atoms. The summed E-state index contributed by atoms with van der Waals surface area (Å²) in [5.41, 5.74) is 5.00. The minimum atomic E-state index is -0.792. The Bertz CT molecular complexity index is 431. The highest BCUT2D eigenvalue weighted by Gasteiger charge is 2.40. The summed E-state index contributed by atoms with van der Waals surface area (Å²) < 4.78 is 0. The lowest BCUT2D eigenvalue weighted by molar-refractivity contribution is -0.153. The van der Waals surface area contributed by atoms with Crippen molar-refractivity contribution in [3.05, 3.63) is 12.2 Å². The number of nitrogens with zero attached hydrogens (tertiary/aromatic N) is 1. The van der Waals surface area contributed by atoms with Crippen LogP contribution >= 0.6 is 0 Å². The molecular weight excluding hydrogens is 256 g/mol. The summed E-state index contributed by atoms with van der Waals surface area (Å²) in [5.74, 6) is -0.812. The van der Waals surface area contributed by atoms with Crippen molar-refractivity contribution in [2.75, 3.05) is 13.1 Å². The van der Waals surface area contributed by atoms with Gasteiger partial charge >= 0.3 is 5.97 Å². The summed E-state index contributed by atoms with van der Waals surface area (Å²) in [5, 5.41) is 9.33. The van der Waals surface area contributed by atoms with Crippen molar-refractivity contribution < 1.29 is 14.7 Å². The fraction of sp³-hybridized carbons (Fsp3) is 0.733. The van der Waals surface area contributed by atoms with E-state index in [9.17, 15) is 14.7 Å². The van der Waals surface area contributed by atoms with Gasteiger partial charge in [-0.2, -0.15) is 0 Å². The molecule has 3 unspecified atom stereocenters. The lowest BCUT2D eigenvalue weighted by atomic mass is 9.74. The summed E-state index contributed by atoms with van der Waals surface area (Å²) in [6.07, 6.45) is 6.17. The highest BCUT2D eigenvalue weighted by Crippen LogP contribution is 2.35. The number of amides is 1. The molecule has 1 fully saturated rings. The van der Waals surface area contributed by atoms with Gasteiger partial charge in [0.2, 0.25) is 5.91 Å². The van der Waals surface area contributed by atoms with Crippen LogP contribution in [0, 0.1) is 17.3 Å². The second kappa shape index (κ2) is 5.56. The predicted octanol–water partition coefficient (Wildman–Crippen LogP) is 1.24. The van der Waals surface area contributed by atoms with Gasteiger partial charge < -0.3 is 15.7 Å². The lowest BCUT2D eigenvalue weighted by Gasteiger charge is -2.40. The van der Waals surface area contributed by atoms with Crippen molar-refractivity contribution in [3.63, 3.8) is 0 Å². The second-order valence-corrected chi connectivity index (χ2v) is 6.54. The van der Waals surface area contributed by atoms with Gasteiger partial charge in [-0.25, -0.2) is 0 Å². The van der Waals surface area contributed by atoms with Gasteiger partial charge in [-0.15, -0.1) is 0 Å². The molecule has 2 rings (SSSR count). The van der Waals surface area contributed by atoms with Gasteiger partial charge in [-0.1, -0.05) is 12.2 Å². The quantitative estimate of drug-likeness (QED) is 0.762. The molecule has 1 amide bonds. The fourth-order valence-corrected chi connectivity index (χ4v) is 3.09. The molecule has 0 aromatic heterocycles. The maximum Gasteiger partial charge on any atom is 0.309 e. The average Bonchev–Trinajstić information content (AvgIpc) is 2.84. The van der Waals surface area contributed by atoms with E-state index in [1.807, 2.05) is 17.1 Å². The van der Waals surface area contributed by atoms with Crippen LogP contribution in [0.25, 0.3) is 0 Å². The molecule has 0 bridgehead atoms. The molecule has 1 aliphatic heterocycles. The van der Waals surface area contributed by atoms with Crippen LogP contribution in [0.2, 0.25) is 0 Å². The molecule has 112 valence electrons. The minimum Gasteiger partial charge on any atom is -0.481 e. The maximum atomic E-state index is 12.5. The first kappa shape index (κ1) is 15.0. The summed E-state index contributed by atoms with van der Waals surface area (Å²) in [6, 6.07) is -0.0278. The first-order chi connectivity index (χ1) is 9.32. The number of hydrogen-bond acceptors (Lipinski definition) is 3. The van der Waals surface area contributed by atoms with E-state index >= 15 is 0 Å². The predicted molar refractivity (Wildman–Crippen MR) is 75.9 cm³/mol. The molecule has 1 heterocycles. The molecule has 5 heteroatoms. The average molecular weight is 280 g/mol. The van der Waals surface area contributed by atoms with E-state index in [1.54, 1.807) is 13.8 Å². The standard InChI is InChI=1S/C15H24N2O3/c1-15(2,14(19)20)11-4-3-7-17(9-11)13(18)10-5-6-12(16)8-10/h5-6,10-12H,3-4,7-9,16H2,1-2H3,(H,19,20). The SMILES string of the molecule is CC(C)(C(=O)O)C1CCCN(C(=O)C2C=CC(N)C2)C1. The Morgan fingerprint density at radius 3 is 2.60 bits per heavy atom. The zero-order valence-electron chi connectivity index (χ0n) is 12.2. The number of likely N-dealkylation sites (tertiary alicyclic amines) is 1. The van der Waals surface area contributed by atoms with Gasteiger partial charge in [0.15, 0.2) is 0 Å². The van der Waals surface area contributed by atoms with E-state index in [2.05, 4.69) is 0 Å². The third-order valence-corrected chi connectivity index (χ3v) is 4.74. The van der Waals surface area contributed by atoms with Crippen molar-refractivity contribution >= 4 is 11.9 Å². The number of hydrogen-bond donors (Lipinski definition) is 2. The maximum absolute atomic E-state index is 12.5. The van der Waals surface area contributed by atoms with E-state index in [0.29, 0.717) is 13.0 Å². The number of piperidine rings is 1. The van der Waals surface area contributed by atoms with Gasteiger partial charge in [0.1, 0.15) is 0 Å². The van der Waals surface area contributed by atoms with Crippen LogP contribution in [-0.2, 0) is 9.59 Å². The first-order valence-electron chi connectivity index (χ1n) is 7.28. The van der Waals surface area contributed by atoms with E-state index in [-0.39, 0.29) is 23.8 Å². The highest BCUT2D eigenvalue weighted by molar-refractivity contribution is 5.81. The number of rotatable bonds is 3. The normalized spacial score (nSPS) is 30.6. The number of aliphatic carboxylic acids is 1. The summed E-state index contributed by atoms with van der Waals surface area (Å²) >= 11 is 0. The Kier molecular flexibility index (Phi) is 4.18. The van der Waals surface area contributed by atoms with Crippen LogP contribution in [0.1, 0.15) is 33.1 Å². The number of carboxylic acid groups (broad SMARTS) is 1. The van der Waals surface area contributed by atoms with Crippen LogP contribution in [0.15, 0.2) is 12.2 Å². The first-order valence-corrected chi connectivity index (χ1v) is 7.28. The molecule has 0 aromatic carbocycles. The molecule has 1 saturated heterocycles. The van der Waals surface area contributed by atoms with Crippen molar-refractivity contribution in [2.24, 2.45) is 23.0 Å². The van der Waals surface area contributed by atoms with Crippen LogP contribution in [0.5, 0.6) is 0 Å². The highest BCUT2D eigenvalue weighted by atomic mass is 16.4. The lowest BCUT2D eigenvalue weighted by Crippen LogP contribution is -2.48. The van der Waals surface area contributed by atoms with Gasteiger partial charge in [0, 0.05) is 19.1 Å². The van der Waals surface area contributed by atoms with Crippen LogP contribution in [0.4, 0.5) is 0 Å². The molecule has 3 N–H and O–H groups in total. The van der Waals surface area contributed by atoms with Gasteiger partial charge in [0.05, 0.1) is 11.3 Å². The molecule has 2 aliphatic rings. The Morgan fingerprint density at radius 1 is 1.35 bits per heavy atom. The van der Waals surface area contributed by atoms with Crippen LogP contribution in [-0.4, -0.2) is 41.0 Å². The van der Waals surface area contributed by atoms with Crippen LogP contribution < -0.4 is 5.73 Å². The van der Waals surface area contributed by atoms with Crippen molar-refractivity contribution in [2.45, 2.75) is 39.2 Å². The van der Waals surface area contributed by atoms with E-state index in [0.717, 1.165) is 19.4 Å². The summed E-state index contributed by atoms with van der Waals surface area (Å²) in [7, 11) is 0. The van der Waals surface area contributed by atoms with Crippen molar-refractivity contribution in [1.29, 1.82) is 0 Å². The van der Waals surface area contributed by atoms with Crippen molar-refractivity contribution in [3.8, 4) is 0 Å². The molecular formula is C15H24N2O3. The monoisotopic (exact) mass is 280 g/mol. The number of nitrogens with two attached hydrogens (primary N) is 1. The van der Waals surface area contributed by atoms with E-state index in [4.69, 9.17) is 5.73 Å². The number of carbonyl (C=O) groups excluding carboxylic acids is 1. The third kappa shape index (κ3) is 2.87. The fourth-order valence-electron chi connectivity index (χ4n) is 3.09. The van der Waals surface area contributed by atoms with Crippen molar-refractivity contribution in [1.82, 2.24) is 4.90 Å². The Labute approximate surface area is 119 Å². The summed E-state index contributed by atoms with van der Waals surface area (Å²) in [6.45, 7) is 4.76. The largest absolute Gasteiger partial charge is 0.481 e. The topological polar surface area (TPSA) is 83.6 Å². The molecule has 0 radical (unpaired) electrons. The zero-order chi connectivity index (χ0) is 14.9. The molecule has 0 aromatic rings. The van der Waals surface area contributed by atoms with Gasteiger partial charge in [0.25, 0.3) is 0 Å². The Balaban J connectivity index is 2.02. The Hall–Kier alpha value is -1.36. The third-order valence-electron chi connectivity index (χ3n) is 4.74. The van der Waals surface area contributed by atoms with E-state index in [1.165, 1.54) is 0 Å². The molecule has 0 saturated carbocycles. The number of carbonyl (C=O) groups is 2. The van der Waals surface area contributed by atoms with Gasteiger partial charge in [-0.3, -0.25) is 9.59 Å². The second-order valence-electron chi connectivity index (χ2n) is 6.54. The molecule has 1 aliphatic carbocycles. The molecule has 5 nitrogen and oxygen atoms in total. The smallest absolute Gasteiger partial charge is 0.309 e. The summed E-state index contributed by atoms with van der Waals surface area (Å²) in [4.78, 5) is 25.7. The van der Waals surface area contributed by atoms with E-state index < -0.39 is 11.4 Å². The van der Waals surface area contributed by atoms with Gasteiger partial charge in [-0.05, 0) is 39.0 Å². The minimum absolute atomic E-state index is 0.0109. The van der Waals surface area contributed by atoms with Crippen LogP contribution in [0.3, 0.4) is 0 Å². The number of carboxylic acids is 1. The molecule has 3 atom stereocenters. The Morgan fingerprint density at radius 2 is 2.05 bits per heavy atom. The zero-order valence-corrected chi connectivity index (χ0v) is 12.2. The molecule has 20 heavy (non-hydrogen) atoms.